The molecule has 1 N–H and O–H groups in total. The fourth-order valence-electron chi connectivity index (χ4n) is 2.67. The Morgan fingerprint density at radius 3 is 2.43 bits per heavy atom. The lowest BCUT2D eigenvalue weighted by Gasteiger charge is -2.32. The van der Waals surface area contributed by atoms with Gasteiger partial charge in [-0.25, -0.2) is 8.78 Å². The summed E-state index contributed by atoms with van der Waals surface area (Å²) < 4.78 is 33.2. The predicted molar refractivity (Wildman–Crippen MR) is 80.3 cm³/mol. The molecule has 0 spiro atoms. The zero-order chi connectivity index (χ0) is 15.0. The molecule has 110 valence electrons. The lowest BCUT2D eigenvalue weighted by atomic mass is 9.93. The second-order valence-corrected chi connectivity index (χ2v) is 5.89. The number of benzene rings is 2. The molecule has 0 amide bonds. The number of hydrogen-bond acceptors (Lipinski definition) is 2. The molecule has 0 bridgehead atoms. The molecule has 0 saturated carbocycles. The number of halogens is 3. The van der Waals surface area contributed by atoms with E-state index in [2.05, 4.69) is 21.2 Å². The van der Waals surface area contributed by atoms with Gasteiger partial charge < -0.3 is 10.1 Å². The van der Waals surface area contributed by atoms with E-state index in [9.17, 15) is 8.78 Å². The summed E-state index contributed by atoms with van der Waals surface area (Å²) in [6.07, 6.45) is 0.436. The van der Waals surface area contributed by atoms with Gasteiger partial charge in [0.25, 0.3) is 0 Å². The smallest absolute Gasteiger partial charge is 0.127 e. The van der Waals surface area contributed by atoms with Crippen LogP contribution in [0.2, 0.25) is 0 Å². The predicted octanol–water partition coefficient (Wildman–Crippen LogP) is 4.51. The molecular formula is C16H14BrF2NO. The molecule has 0 aliphatic carbocycles. The molecule has 1 heterocycles. The van der Waals surface area contributed by atoms with Gasteiger partial charge in [0.05, 0.1) is 0 Å². The molecule has 0 fully saturated rings. The molecule has 5 heteroatoms. The van der Waals surface area contributed by atoms with E-state index >= 15 is 0 Å². The van der Waals surface area contributed by atoms with Crippen LogP contribution in [0.25, 0.3) is 0 Å². The van der Waals surface area contributed by atoms with Gasteiger partial charge in [0, 0.05) is 34.1 Å². The maximum absolute atomic E-state index is 13.4. The Morgan fingerprint density at radius 2 is 1.76 bits per heavy atom. The van der Waals surface area contributed by atoms with E-state index in [-0.39, 0.29) is 23.8 Å². The number of hydrogen-bond donors (Lipinski definition) is 1. The fraction of sp³-hybridized carbons (Fsp3) is 0.250. The van der Waals surface area contributed by atoms with E-state index in [4.69, 9.17) is 4.74 Å². The normalized spacial score (nSPS) is 20.8. The summed E-state index contributed by atoms with van der Waals surface area (Å²) in [6, 6.07) is 9.14. The summed E-state index contributed by atoms with van der Waals surface area (Å²) in [6.45, 7) is 0. The first-order valence-corrected chi connectivity index (χ1v) is 7.46. The van der Waals surface area contributed by atoms with Gasteiger partial charge in [-0.3, -0.25) is 0 Å². The monoisotopic (exact) mass is 353 g/mol. The van der Waals surface area contributed by atoms with Crippen LogP contribution in [0.15, 0.2) is 40.9 Å². The third-order valence-corrected chi connectivity index (χ3v) is 4.41. The first-order valence-electron chi connectivity index (χ1n) is 6.67. The Kier molecular flexibility index (Phi) is 3.95. The highest BCUT2D eigenvalue weighted by atomic mass is 79.9. The first-order chi connectivity index (χ1) is 10.1. The van der Waals surface area contributed by atoms with Crippen LogP contribution in [-0.4, -0.2) is 7.05 Å². The van der Waals surface area contributed by atoms with Crippen molar-refractivity contribution in [2.75, 3.05) is 7.05 Å². The highest BCUT2D eigenvalue weighted by molar-refractivity contribution is 9.10. The first kappa shape index (κ1) is 14.5. The molecule has 2 unspecified atom stereocenters. The number of rotatable bonds is 2. The molecule has 1 aliphatic rings. The molecule has 2 aromatic rings. The van der Waals surface area contributed by atoms with Gasteiger partial charge in [-0.15, -0.1) is 0 Å². The van der Waals surface area contributed by atoms with E-state index in [1.54, 1.807) is 12.1 Å². The Labute approximate surface area is 130 Å². The largest absolute Gasteiger partial charge is 0.485 e. The molecule has 3 rings (SSSR count). The van der Waals surface area contributed by atoms with Crippen LogP contribution >= 0.6 is 15.9 Å². The van der Waals surface area contributed by atoms with Gasteiger partial charge in [-0.2, -0.15) is 0 Å². The van der Waals surface area contributed by atoms with Crippen LogP contribution in [0.1, 0.15) is 29.7 Å². The maximum Gasteiger partial charge on any atom is 0.127 e. The molecule has 2 aromatic carbocycles. The molecule has 21 heavy (non-hydrogen) atoms. The lowest BCUT2D eigenvalue weighted by Crippen LogP contribution is -2.27. The minimum Gasteiger partial charge on any atom is -0.485 e. The molecule has 0 aromatic heterocycles. The molecule has 0 saturated heterocycles. The summed E-state index contributed by atoms with van der Waals surface area (Å²) in [5.74, 6) is -0.109. The summed E-state index contributed by atoms with van der Waals surface area (Å²) in [5, 5.41) is 3.22. The molecule has 2 nitrogen and oxygen atoms in total. The van der Waals surface area contributed by atoms with Crippen molar-refractivity contribution in [3.05, 3.63) is 63.6 Å². The Bertz CT molecular complexity index is 677. The van der Waals surface area contributed by atoms with Gasteiger partial charge in [0.1, 0.15) is 23.5 Å². The van der Waals surface area contributed by atoms with Crippen molar-refractivity contribution in [2.45, 2.75) is 18.6 Å². The summed E-state index contributed by atoms with van der Waals surface area (Å²) in [5.41, 5.74) is 1.79. The van der Waals surface area contributed by atoms with E-state index in [1.807, 2.05) is 7.05 Å². The summed E-state index contributed by atoms with van der Waals surface area (Å²) in [7, 11) is 1.86. The van der Waals surface area contributed by atoms with Crippen molar-refractivity contribution in [2.24, 2.45) is 0 Å². The second-order valence-electron chi connectivity index (χ2n) is 5.03. The zero-order valence-electron chi connectivity index (χ0n) is 11.4. The number of nitrogens with one attached hydrogen (secondary N) is 1. The average Bonchev–Trinajstić information content (AvgIpc) is 2.45. The Hall–Kier alpha value is -1.46. The van der Waals surface area contributed by atoms with Crippen molar-refractivity contribution in [3.8, 4) is 5.75 Å². The fourth-order valence-corrected chi connectivity index (χ4v) is 3.27. The van der Waals surface area contributed by atoms with Crippen LogP contribution < -0.4 is 10.1 Å². The topological polar surface area (TPSA) is 21.3 Å². The van der Waals surface area contributed by atoms with Crippen LogP contribution in [0, 0.1) is 11.6 Å². The Balaban J connectivity index is 1.99. The van der Waals surface area contributed by atoms with Crippen molar-refractivity contribution in [1.29, 1.82) is 0 Å². The van der Waals surface area contributed by atoms with Gasteiger partial charge >= 0.3 is 0 Å². The third kappa shape index (κ3) is 2.80. The Morgan fingerprint density at radius 1 is 1.10 bits per heavy atom. The quantitative estimate of drug-likeness (QED) is 0.857. The molecule has 2 atom stereocenters. The van der Waals surface area contributed by atoms with Crippen LogP contribution in [-0.2, 0) is 0 Å². The highest BCUT2D eigenvalue weighted by Gasteiger charge is 2.29. The van der Waals surface area contributed by atoms with E-state index < -0.39 is 0 Å². The van der Waals surface area contributed by atoms with Gasteiger partial charge in [0.2, 0.25) is 0 Å². The standard InChI is InChI=1S/C16H14BrF2NO/c1-20-14-8-16(11-4-2-9(18)6-13(11)17)21-15-7-10(19)3-5-12(14)15/h2-7,14,16,20H,8H2,1H3. The lowest BCUT2D eigenvalue weighted by molar-refractivity contribution is 0.152. The van der Waals surface area contributed by atoms with Gasteiger partial charge in [-0.05, 0) is 25.2 Å². The van der Waals surface area contributed by atoms with Crippen molar-refractivity contribution in [3.63, 3.8) is 0 Å². The van der Waals surface area contributed by atoms with Crippen molar-refractivity contribution >= 4 is 15.9 Å². The summed E-state index contributed by atoms with van der Waals surface area (Å²) in [4.78, 5) is 0. The van der Waals surface area contributed by atoms with Crippen LogP contribution in [0.4, 0.5) is 8.78 Å². The van der Waals surface area contributed by atoms with Crippen molar-refractivity contribution < 1.29 is 13.5 Å². The summed E-state index contributed by atoms with van der Waals surface area (Å²) >= 11 is 3.36. The van der Waals surface area contributed by atoms with E-state index in [0.717, 1.165) is 11.1 Å². The zero-order valence-corrected chi connectivity index (χ0v) is 13.0. The van der Waals surface area contributed by atoms with Crippen molar-refractivity contribution in [1.82, 2.24) is 5.32 Å². The third-order valence-electron chi connectivity index (χ3n) is 3.73. The second kappa shape index (κ2) is 5.73. The molecule has 1 aliphatic heterocycles. The minimum atomic E-state index is -0.331. The van der Waals surface area contributed by atoms with E-state index in [0.29, 0.717) is 16.6 Å². The van der Waals surface area contributed by atoms with Gasteiger partial charge in [0.15, 0.2) is 0 Å². The number of ether oxygens (including phenoxy) is 1. The SMILES string of the molecule is CNC1CC(c2ccc(F)cc2Br)Oc2cc(F)ccc21. The van der Waals surface area contributed by atoms with Crippen LogP contribution in [0.3, 0.4) is 0 Å². The number of fused-ring (bicyclic) bond motifs is 1. The maximum atomic E-state index is 13.4. The molecular weight excluding hydrogens is 340 g/mol. The van der Waals surface area contributed by atoms with Crippen LogP contribution in [0.5, 0.6) is 5.75 Å². The minimum absolute atomic E-state index is 0.0660. The molecule has 0 radical (unpaired) electrons. The van der Waals surface area contributed by atoms with Gasteiger partial charge in [-0.1, -0.05) is 28.1 Å². The van der Waals surface area contributed by atoms with E-state index in [1.165, 1.54) is 24.3 Å². The average molecular weight is 354 g/mol. The highest BCUT2D eigenvalue weighted by Crippen LogP contribution is 2.42.